The lowest BCUT2D eigenvalue weighted by molar-refractivity contribution is -0.305. The second-order valence-corrected chi connectivity index (χ2v) is 14.8. The van der Waals surface area contributed by atoms with E-state index in [9.17, 15) is 30.0 Å². The summed E-state index contributed by atoms with van der Waals surface area (Å²) in [5.41, 5.74) is 0. The van der Waals surface area contributed by atoms with Crippen LogP contribution in [0.15, 0.2) is 12.2 Å². The van der Waals surface area contributed by atoms with Gasteiger partial charge in [0.05, 0.1) is 13.2 Å². The van der Waals surface area contributed by atoms with Gasteiger partial charge in [0.2, 0.25) is 0 Å². The molecule has 2 unspecified atom stereocenters. The van der Waals surface area contributed by atoms with E-state index in [1.165, 1.54) is 89.9 Å². The largest absolute Gasteiger partial charge is 0.462 e. The van der Waals surface area contributed by atoms with E-state index in [1.807, 2.05) is 0 Å². The summed E-state index contributed by atoms with van der Waals surface area (Å²) in [6, 6.07) is 0. The van der Waals surface area contributed by atoms with Crippen molar-refractivity contribution in [2.24, 2.45) is 0 Å². The molecule has 0 aromatic rings. The van der Waals surface area contributed by atoms with Gasteiger partial charge < -0.3 is 39.4 Å². The van der Waals surface area contributed by atoms with Crippen molar-refractivity contribution in [2.45, 2.75) is 224 Å². The van der Waals surface area contributed by atoms with Crippen LogP contribution in [0, 0.1) is 0 Å². The molecule has 0 aromatic carbocycles. The molecule has 6 atom stereocenters. The number of carbonyl (C=O) groups excluding carboxylic acids is 2. The maximum atomic E-state index is 12.7. The zero-order valence-electron chi connectivity index (χ0n) is 33.1. The summed E-state index contributed by atoms with van der Waals surface area (Å²) in [5.74, 6) is -0.811. The summed E-state index contributed by atoms with van der Waals surface area (Å²) in [6.07, 6.45) is 26.5. The average Bonchev–Trinajstić information content (AvgIpc) is 3.14. The van der Waals surface area contributed by atoms with E-state index < -0.39 is 49.4 Å². The number of rotatable bonds is 35. The van der Waals surface area contributed by atoms with Gasteiger partial charge in [0, 0.05) is 12.8 Å². The molecule has 0 saturated carbocycles. The summed E-state index contributed by atoms with van der Waals surface area (Å²) in [4.78, 5) is 25.2. The molecular weight excluding hydrogens is 664 g/mol. The number of carbonyl (C=O) groups is 2. The lowest BCUT2D eigenvalue weighted by atomic mass is 9.99. The second-order valence-electron chi connectivity index (χ2n) is 14.8. The van der Waals surface area contributed by atoms with E-state index in [4.69, 9.17) is 18.9 Å². The third-order valence-electron chi connectivity index (χ3n) is 9.90. The molecule has 52 heavy (non-hydrogen) atoms. The molecule has 4 N–H and O–H groups in total. The minimum absolute atomic E-state index is 0.217. The minimum atomic E-state index is -1.59. The van der Waals surface area contributed by atoms with Crippen LogP contribution in [0.3, 0.4) is 0 Å². The standard InChI is InChI=1S/C42H78O10/c1-3-5-7-9-11-13-15-16-17-18-19-21-23-25-27-29-31-38(45)51-35(34-50-42-41(48)40(47)39(46)36(32-43)52-42)33-49-37(44)30-28-26-24-22-20-14-12-10-8-6-4-2/h10,12,35-36,39-43,46-48H,3-9,11,13-34H2,1-2H3/b12-10+/t35-,36-,39+,40?,41?,42-/m1/s1. The fraction of sp³-hybridized carbons (Fsp3) is 0.905. The van der Waals surface area contributed by atoms with Crippen molar-refractivity contribution in [1.29, 1.82) is 0 Å². The molecule has 1 saturated heterocycles. The number of aliphatic hydroxyl groups excluding tert-OH is 4. The maximum Gasteiger partial charge on any atom is 0.306 e. The van der Waals surface area contributed by atoms with Crippen molar-refractivity contribution >= 4 is 11.9 Å². The number of hydrogen-bond donors (Lipinski definition) is 4. The Balaban J connectivity index is 2.34. The molecule has 0 radical (unpaired) electrons. The summed E-state index contributed by atoms with van der Waals surface area (Å²) < 4.78 is 22.1. The van der Waals surface area contributed by atoms with Gasteiger partial charge in [-0.3, -0.25) is 9.59 Å². The number of unbranched alkanes of at least 4 members (excludes halogenated alkanes) is 22. The monoisotopic (exact) mass is 743 g/mol. The van der Waals surface area contributed by atoms with Crippen molar-refractivity contribution in [3.63, 3.8) is 0 Å². The fourth-order valence-electron chi connectivity index (χ4n) is 6.46. The van der Waals surface area contributed by atoms with Gasteiger partial charge in [-0.15, -0.1) is 0 Å². The molecule has 10 heteroatoms. The molecule has 10 nitrogen and oxygen atoms in total. The Morgan fingerprint density at radius 2 is 1.04 bits per heavy atom. The summed E-state index contributed by atoms with van der Waals surface area (Å²) in [5, 5.41) is 40.0. The van der Waals surface area contributed by atoms with Gasteiger partial charge in [0.1, 0.15) is 31.0 Å². The van der Waals surface area contributed by atoms with E-state index in [2.05, 4.69) is 26.0 Å². The lowest BCUT2D eigenvalue weighted by Crippen LogP contribution is -2.59. The first-order valence-corrected chi connectivity index (χ1v) is 21.3. The summed E-state index contributed by atoms with van der Waals surface area (Å²) in [7, 11) is 0. The Hall–Kier alpha value is -1.56. The first kappa shape index (κ1) is 48.5. The van der Waals surface area contributed by atoms with Crippen LogP contribution in [0.2, 0.25) is 0 Å². The quantitative estimate of drug-likeness (QED) is 0.0283. The van der Waals surface area contributed by atoms with Crippen molar-refractivity contribution < 1.29 is 49.0 Å². The number of aliphatic hydroxyl groups is 4. The maximum absolute atomic E-state index is 12.7. The molecule has 1 aliphatic heterocycles. The van der Waals surface area contributed by atoms with Crippen molar-refractivity contribution in [1.82, 2.24) is 0 Å². The topological polar surface area (TPSA) is 152 Å². The number of allylic oxidation sites excluding steroid dienone is 2. The van der Waals surface area contributed by atoms with Gasteiger partial charge >= 0.3 is 11.9 Å². The Morgan fingerprint density at radius 1 is 0.577 bits per heavy atom. The van der Waals surface area contributed by atoms with Crippen LogP contribution in [0.1, 0.15) is 187 Å². The van der Waals surface area contributed by atoms with E-state index in [-0.39, 0.29) is 32.0 Å². The molecule has 0 spiro atoms. The van der Waals surface area contributed by atoms with Crippen molar-refractivity contribution in [3.05, 3.63) is 12.2 Å². The van der Waals surface area contributed by atoms with Crippen LogP contribution < -0.4 is 0 Å². The highest BCUT2D eigenvalue weighted by molar-refractivity contribution is 5.70. The third-order valence-corrected chi connectivity index (χ3v) is 9.90. The number of hydrogen-bond acceptors (Lipinski definition) is 10. The van der Waals surface area contributed by atoms with Gasteiger partial charge in [-0.25, -0.2) is 0 Å². The van der Waals surface area contributed by atoms with E-state index in [0.717, 1.165) is 64.2 Å². The third kappa shape index (κ3) is 25.5. The highest BCUT2D eigenvalue weighted by Crippen LogP contribution is 2.23. The predicted molar refractivity (Wildman–Crippen MR) is 206 cm³/mol. The first-order chi connectivity index (χ1) is 25.3. The predicted octanol–water partition coefficient (Wildman–Crippen LogP) is 8.39. The minimum Gasteiger partial charge on any atom is -0.462 e. The van der Waals surface area contributed by atoms with Gasteiger partial charge in [-0.2, -0.15) is 0 Å². The van der Waals surface area contributed by atoms with Crippen LogP contribution in [0.25, 0.3) is 0 Å². The van der Waals surface area contributed by atoms with Gasteiger partial charge in [-0.1, -0.05) is 154 Å². The highest BCUT2D eigenvalue weighted by atomic mass is 16.7. The number of ether oxygens (including phenoxy) is 4. The van der Waals surface area contributed by atoms with Crippen molar-refractivity contribution in [3.8, 4) is 0 Å². The van der Waals surface area contributed by atoms with Crippen LogP contribution in [0.5, 0.6) is 0 Å². The van der Waals surface area contributed by atoms with Gasteiger partial charge in [-0.05, 0) is 32.1 Å². The average molecular weight is 743 g/mol. The smallest absolute Gasteiger partial charge is 0.306 e. The zero-order chi connectivity index (χ0) is 38.1. The lowest BCUT2D eigenvalue weighted by Gasteiger charge is -2.39. The normalized spacial score (nSPS) is 21.1. The summed E-state index contributed by atoms with van der Waals surface area (Å²) in [6.45, 7) is 3.38. The molecule has 0 aromatic heterocycles. The van der Waals surface area contributed by atoms with Crippen molar-refractivity contribution in [2.75, 3.05) is 19.8 Å². The van der Waals surface area contributed by atoms with Gasteiger partial charge in [0.25, 0.3) is 0 Å². The Bertz CT molecular complexity index is 866. The Kier molecular flexibility index (Phi) is 31.7. The first-order valence-electron chi connectivity index (χ1n) is 21.3. The molecule has 1 heterocycles. The molecule has 1 aliphatic rings. The second kappa shape index (κ2) is 34.0. The summed E-state index contributed by atoms with van der Waals surface area (Å²) >= 11 is 0. The molecule has 1 rings (SSSR count). The van der Waals surface area contributed by atoms with E-state index >= 15 is 0 Å². The molecule has 0 bridgehead atoms. The molecule has 0 aliphatic carbocycles. The highest BCUT2D eigenvalue weighted by Gasteiger charge is 2.44. The molecular formula is C42H78O10. The Labute approximate surface area is 316 Å². The Morgan fingerprint density at radius 3 is 1.56 bits per heavy atom. The molecule has 1 fully saturated rings. The zero-order valence-corrected chi connectivity index (χ0v) is 33.1. The van der Waals surface area contributed by atoms with E-state index in [0.29, 0.717) is 6.42 Å². The van der Waals surface area contributed by atoms with Gasteiger partial charge in [0.15, 0.2) is 12.4 Å². The molecule has 0 amide bonds. The fourth-order valence-corrected chi connectivity index (χ4v) is 6.46. The van der Waals surface area contributed by atoms with Crippen LogP contribution >= 0.6 is 0 Å². The van der Waals surface area contributed by atoms with Crippen LogP contribution in [-0.2, 0) is 28.5 Å². The SMILES string of the molecule is CCCC/C=C/CCCCCCCC(=O)OC[C@H](CO[C@@H]1O[C@H](CO)[C@H](O)C(O)C1O)OC(=O)CCCCCCCCCCCCCCCCCC. The van der Waals surface area contributed by atoms with Crippen LogP contribution in [-0.4, -0.2) is 89.0 Å². The number of esters is 2. The van der Waals surface area contributed by atoms with E-state index in [1.54, 1.807) is 0 Å². The van der Waals surface area contributed by atoms with Crippen LogP contribution in [0.4, 0.5) is 0 Å². The molecule has 306 valence electrons.